The quantitative estimate of drug-likeness (QED) is 0.811. The Morgan fingerprint density at radius 1 is 1.19 bits per heavy atom. The lowest BCUT2D eigenvalue weighted by molar-refractivity contribution is 0.0697. The number of benzene rings is 1. The lowest BCUT2D eigenvalue weighted by Gasteiger charge is -2.34. The summed E-state index contributed by atoms with van der Waals surface area (Å²) >= 11 is 0. The van der Waals surface area contributed by atoms with Crippen molar-refractivity contribution < 1.29 is 9.90 Å². The third-order valence-electron chi connectivity index (χ3n) is 4.26. The highest BCUT2D eigenvalue weighted by atomic mass is 16.4. The van der Waals surface area contributed by atoms with E-state index >= 15 is 0 Å². The van der Waals surface area contributed by atoms with Crippen molar-refractivity contribution in [2.24, 2.45) is 16.4 Å². The van der Waals surface area contributed by atoms with Crippen LogP contribution in [0.1, 0.15) is 56.8 Å². The number of anilines is 1. The molecule has 1 saturated carbocycles. The van der Waals surface area contributed by atoms with Gasteiger partial charge in [0.2, 0.25) is 0 Å². The van der Waals surface area contributed by atoms with Gasteiger partial charge in [0, 0.05) is 5.71 Å². The third kappa shape index (κ3) is 4.31. The van der Waals surface area contributed by atoms with E-state index in [9.17, 15) is 4.79 Å². The molecule has 0 radical (unpaired) electrons. The molecule has 0 aromatic heterocycles. The van der Waals surface area contributed by atoms with Gasteiger partial charge in [0.15, 0.2) is 0 Å². The molecule has 0 spiro atoms. The molecule has 2 N–H and O–H groups in total. The standard InChI is InChI=1S/C17H24N2O2/c1-17(2,3)13-6-10-15(11-7-13)19-18-14-8-4-12(5-9-14)16(20)21/h4-5,8-9,13,18H,6-7,10-11H2,1-3H3,(H,20,21). The summed E-state index contributed by atoms with van der Waals surface area (Å²) in [7, 11) is 0. The minimum absolute atomic E-state index is 0.291. The number of carboxylic acids is 1. The van der Waals surface area contributed by atoms with Crippen LogP contribution in [0.5, 0.6) is 0 Å². The largest absolute Gasteiger partial charge is 0.478 e. The van der Waals surface area contributed by atoms with Gasteiger partial charge in [-0.3, -0.25) is 5.43 Å². The minimum Gasteiger partial charge on any atom is -0.478 e. The summed E-state index contributed by atoms with van der Waals surface area (Å²) in [5.74, 6) is -0.139. The van der Waals surface area contributed by atoms with Gasteiger partial charge in [-0.15, -0.1) is 0 Å². The fourth-order valence-electron chi connectivity index (χ4n) is 2.76. The van der Waals surface area contributed by atoms with Gasteiger partial charge >= 0.3 is 5.97 Å². The SMILES string of the molecule is CC(C)(C)C1CCC(=NNc2ccc(C(=O)O)cc2)CC1. The number of rotatable bonds is 3. The lowest BCUT2D eigenvalue weighted by Crippen LogP contribution is -2.26. The van der Waals surface area contributed by atoms with E-state index in [4.69, 9.17) is 5.11 Å². The lowest BCUT2D eigenvalue weighted by atomic mass is 9.72. The van der Waals surface area contributed by atoms with E-state index in [1.807, 2.05) is 0 Å². The second-order valence-corrected chi connectivity index (χ2v) is 6.81. The van der Waals surface area contributed by atoms with E-state index in [2.05, 4.69) is 31.3 Å². The fourth-order valence-corrected chi connectivity index (χ4v) is 2.76. The Morgan fingerprint density at radius 3 is 2.24 bits per heavy atom. The van der Waals surface area contributed by atoms with Crippen LogP contribution in [-0.4, -0.2) is 16.8 Å². The van der Waals surface area contributed by atoms with Gasteiger partial charge in [0.1, 0.15) is 0 Å². The van der Waals surface area contributed by atoms with Crippen LogP contribution in [0.25, 0.3) is 0 Å². The molecule has 1 fully saturated rings. The molecule has 0 atom stereocenters. The summed E-state index contributed by atoms with van der Waals surface area (Å²) in [5, 5.41) is 13.3. The molecule has 1 aromatic rings. The molecule has 0 aliphatic heterocycles. The van der Waals surface area contributed by atoms with Crippen LogP contribution >= 0.6 is 0 Å². The van der Waals surface area contributed by atoms with Crippen LogP contribution in [0.2, 0.25) is 0 Å². The zero-order chi connectivity index (χ0) is 15.5. The highest BCUT2D eigenvalue weighted by molar-refractivity contribution is 5.88. The maximum absolute atomic E-state index is 10.8. The zero-order valence-electron chi connectivity index (χ0n) is 13.0. The van der Waals surface area contributed by atoms with Crippen LogP contribution in [0.15, 0.2) is 29.4 Å². The van der Waals surface area contributed by atoms with Crippen molar-refractivity contribution in [2.75, 3.05) is 5.43 Å². The van der Waals surface area contributed by atoms with Crippen LogP contribution in [-0.2, 0) is 0 Å². The Morgan fingerprint density at radius 2 is 1.76 bits per heavy atom. The molecule has 0 saturated heterocycles. The van der Waals surface area contributed by atoms with Crippen molar-refractivity contribution in [3.05, 3.63) is 29.8 Å². The van der Waals surface area contributed by atoms with E-state index in [1.54, 1.807) is 24.3 Å². The monoisotopic (exact) mass is 288 g/mol. The van der Waals surface area contributed by atoms with Crippen molar-refractivity contribution >= 4 is 17.4 Å². The number of hydrogen-bond donors (Lipinski definition) is 2. The van der Waals surface area contributed by atoms with Crippen LogP contribution in [0.3, 0.4) is 0 Å². The molecule has 0 unspecified atom stereocenters. The number of nitrogens with one attached hydrogen (secondary N) is 1. The van der Waals surface area contributed by atoms with Gasteiger partial charge in [-0.25, -0.2) is 4.79 Å². The average Bonchev–Trinajstić information content (AvgIpc) is 2.45. The van der Waals surface area contributed by atoms with Gasteiger partial charge in [-0.1, -0.05) is 20.8 Å². The maximum Gasteiger partial charge on any atom is 0.335 e. The first-order chi connectivity index (χ1) is 9.86. The molecule has 0 bridgehead atoms. The predicted octanol–water partition coefficient (Wildman–Crippen LogP) is 4.39. The Labute approximate surface area is 126 Å². The van der Waals surface area contributed by atoms with Crippen molar-refractivity contribution in [3.8, 4) is 0 Å². The number of hydrazone groups is 1. The summed E-state index contributed by atoms with van der Waals surface area (Å²) in [6.45, 7) is 6.92. The Kier molecular flexibility index (Phi) is 4.66. The van der Waals surface area contributed by atoms with Crippen molar-refractivity contribution in [3.63, 3.8) is 0 Å². The number of aromatic carboxylic acids is 1. The summed E-state index contributed by atoms with van der Waals surface area (Å²) in [4.78, 5) is 10.8. The molecule has 4 heteroatoms. The predicted molar refractivity (Wildman–Crippen MR) is 85.9 cm³/mol. The summed E-state index contributed by atoms with van der Waals surface area (Å²) in [5.41, 5.74) is 5.73. The smallest absolute Gasteiger partial charge is 0.335 e. The highest BCUT2D eigenvalue weighted by Crippen LogP contribution is 2.36. The van der Waals surface area contributed by atoms with Gasteiger partial charge in [0.05, 0.1) is 11.3 Å². The molecule has 1 aliphatic rings. The van der Waals surface area contributed by atoms with E-state index in [0.29, 0.717) is 11.0 Å². The molecule has 114 valence electrons. The third-order valence-corrected chi connectivity index (χ3v) is 4.26. The van der Waals surface area contributed by atoms with Gasteiger partial charge < -0.3 is 5.11 Å². The first-order valence-corrected chi connectivity index (χ1v) is 7.51. The van der Waals surface area contributed by atoms with Gasteiger partial charge in [-0.2, -0.15) is 5.10 Å². The summed E-state index contributed by atoms with van der Waals surface area (Å²) in [6.07, 6.45) is 4.48. The first-order valence-electron chi connectivity index (χ1n) is 7.51. The van der Waals surface area contributed by atoms with E-state index in [-0.39, 0.29) is 0 Å². The first kappa shape index (κ1) is 15.5. The van der Waals surface area contributed by atoms with Crippen LogP contribution < -0.4 is 5.43 Å². The normalized spacial score (nSPS) is 19.2. The molecule has 0 amide bonds. The number of carboxylic acid groups (broad SMARTS) is 1. The van der Waals surface area contributed by atoms with Crippen molar-refractivity contribution in [2.45, 2.75) is 46.5 Å². The van der Waals surface area contributed by atoms with Crippen molar-refractivity contribution in [1.29, 1.82) is 0 Å². The second-order valence-electron chi connectivity index (χ2n) is 6.81. The van der Waals surface area contributed by atoms with Crippen molar-refractivity contribution in [1.82, 2.24) is 0 Å². The van der Waals surface area contributed by atoms with Gasteiger partial charge in [-0.05, 0) is 61.3 Å². The Hall–Kier alpha value is -1.84. The van der Waals surface area contributed by atoms with E-state index in [0.717, 1.165) is 24.4 Å². The molecular weight excluding hydrogens is 264 g/mol. The summed E-state index contributed by atoms with van der Waals surface area (Å²) in [6, 6.07) is 6.66. The van der Waals surface area contributed by atoms with Crippen LogP contribution in [0, 0.1) is 11.3 Å². The number of nitrogens with zero attached hydrogens (tertiary/aromatic N) is 1. The molecule has 1 aliphatic carbocycles. The minimum atomic E-state index is -0.909. The summed E-state index contributed by atoms with van der Waals surface area (Å²) < 4.78 is 0. The van der Waals surface area contributed by atoms with E-state index in [1.165, 1.54) is 18.6 Å². The highest BCUT2D eigenvalue weighted by Gasteiger charge is 2.27. The molecule has 21 heavy (non-hydrogen) atoms. The topological polar surface area (TPSA) is 61.7 Å². The van der Waals surface area contributed by atoms with Gasteiger partial charge in [0.25, 0.3) is 0 Å². The Balaban J connectivity index is 1.89. The molecule has 2 rings (SSSR count). The second kappa shape index (κ2) is 6.29. The molecule has 1 aromatic carbocycles. The Bertz CT molecular complexity index is 517. The fraction of sp³-hybridized carbons (Fsp3) is 0.529. The number of carbonyl (C=O) groups is 1. The zero-order valence-corrected chi connectivity index (χ0v) is 13.0. The molecule has 0 heterocycles. The average molecular weight is 288 g/mol. The molecular formula is C17H24N2O2. The van der Waals surface area contributed by atoms with Crippen LogP contribution in [0.4, 0.5) is 5.69 Å². The number of hydrogen-bond acceptors (Lipinski definition) is 3. The molecule has 4 nitrogen and oxygen atoms in total. The maximum atomic E-state index is 10.8. The van der Waals surface area contributed by atoms with E-state index < -0.39 is 5.97 Å².